The summed E-state index contributed by atoms with van der Waals surface area (Å²) in [6.07, 6.45) is -0.830. The Hall–Kier alpha value is -1.36. The maximum atomic E-state index is 13.3. The van der Waals surface area contributed by atoms with Crippen molar-refractivity contribution in [1.29, 1.82) is 0 Å². The van der Waals surface area contributed by atoms with Crippen LogP contribution in [0, 0.1) is 0 Å². The Kier molecular flexibility index (Phi) is 4.81. The van der Waals surface area contributed by atoms with Gasteiger partial charge in [-0.3, -0.25) is 0 Å². The van der Waals surface area contributed by atoms with Crippen LogP contribution in [0.2, 0.25) is 0 Å². The van der Waals surface area contributed by atoms with E-state index < -0.39 is 12.5 Å². The molecule has 0 spiro atoms. The van der Waals surface area contributed by atoms with Gasteiger partial charge in [-0.15, -0.1) is 0 Å². The number of fused-ring (bicyclic) bond motifs is 1. The molecule has 5 heteroatoms. The zero-order valence-electron chi connectivity index (χ0n) is 12.1. The highest BCUT2D eigenvalue weighted by Gasteiger charge is 2.29. The van der Waals surface area contributed by atoms with Crippen molar-refractivity contribution in [3.63, 3.8) is 0 Å². The average molecular weight is 285 g/mol. The van der Waals surface area contributed by atoms with Gasteiger partial charge in [0, 0.05) is 17.5 Å². The lowest BCUT2D eigenvalue weighted by Gasteiger charge is -2.21. The maximum Gasteiger partial charge on any atom is 0.257 e. The molecule has 3 nitrogen and oxygen atoms in total. The molecule has 0 aliphatic carbocycles. The summed E-state index contributed by atoms with van der Waals surface area (Å²) in [6, 6.07) is 2.48. The van der Waals surface area contributed by atoms with E-state index >= 15 is 0 Å². The van der Waals surface area contributed by atoms with Gasteiger partial charge in [0.15, 0.2) is 0 Å². The quantitative estimate of drug-likeness (QED) is 0.869. The van der Waals surface area contributed by atoms with Crippen LogP contribution in [0.4, 0.5) is 8.78 Å². The highest BCUT2D eigenvalue weighted by molar-refractivity contribution is 5.50. The van der Waals surface area contributed by atoms with Gasteiger partial charge < -0.3 is 14.8 Å². The number of ether oxygens (including phenoxy) is 2. The van der Waals surface area contributed by atoms with Gasteiger partial charge in [0.2, 0.25) is 0 Å². The number of nitrogens with one attached hydrogen (secondary N) is 1. The topological polar surface area (TPSA) is 30.5 Å². The smallest absolute Gasteiger partial charge is 0.257 e. The molecule has 0 radical (unpaired) electrons. The molecular formula is C15H21F2NO2. The van der Waals surface area contributed by atoms with Gasteiger partial charge in [-0.25, -0.2) is 8.78 Å². The van der Waals surface area contributed by atoms with Crippen molar-refractivity contribution in [3.8, 4) is 11.5 Å². The Morgan fingerprint density at radius 2 is 2.20 bits per heavy atom. The Bertz CT molecular complexity index is 465. The molecule has 0 aromatic heterocycles. The summed E-state index contributed by atoms with van der Waals surface area (Å²) in [5, 5.41) is 2.88. The van der Waals surface area contributed by atoms with Gasteiger partial charge in [0.25, 0.3) is 6.43 Å². The Balaban J connectivity index is 2.35. The summed E-state index contributed by atoms with van der Waals surface area (Å²) in [5.41, 5.74) is 1.48. The van der Waals surface area contributed by atoms with E-state index in [1.807, 2.05) is 19.9 Å². The van der Waals surface area contributed by atoms with Crippen LogP contribution < -0.4 is 14.8 Å². The first-order valence-corrected chi connectivity index (χ1v) is 6.95. The Morgan fingerprint density at radius 3 is 2.80 bits per heavy atom. The van der Waals surface area contributed by atoms with Gasteiger partial charge in [-0.2, -0.15) is 0 Å². The van der Waals surface area contributed by atoms with Crippen LogP contribution in [0.25, 0.3) is 0 Å². The third kappa shape index (κ3) is 3.03. The Morgan fingerprint density at radius 1 is 1.45 bits per heavy atom. The highest BCUT2D eigenvalue weighted by Crippen LogP contribution is 2.39. The lowest BCUT2D eigenvalue weighted by molar-refractivity contribution is 0.0970. The molecule has 1 N–H and O–H groups in total. The molecule has 1 aliphatic heterocycles. The molecule has 1 aliphatic rings. The molecule has 0 fully saturated rings. The van der Waals surface area contributed by atoms with E-state index in [0.29, 0.717) is 23.6 Å². The molecule has 0 saturated heterocycles. The van der Waals surface area contributed by atoms with Crippen molar-refractivity contribution in [1.82, 2.24) is 5.32 Å². The molecular weight excluding hydrogens is 264 g/mol. The van der Waals surface area contributed by atoms with E-state index in [4.69, 9.17) is 9.47 Å². The average Bonchev–Trinajstić information content (AvgIpc) is 2.76. The molecule has 20 heavy (non-hydrogen) atoms. The fourth-order valence-corrected chi connectivity index (χ4v) is 2.51. The van der Waals surface area contributed by atoms with E-state index in [2.05, 4.69) is 5.32 Å². The molecule has 0 amide bonds. The second kappa shape index (κ2) is 6.39. The molecule has 2 unspecified atom stereocenters. The first kappa shape index (κ1) is 15.0. The lowest BCUT2D eigenvalue weighted by Crippen LogP contribution is -2.28. The third-order valence-corrected chi connectivity index (χ3v) is 3.45. The highest BCUT2D eigenvalue weighted by atomic mass is 19.3. The first-order valence-electron chi connectivity index (χ1n) is 6.95. The molecule has 2 atom stereocenters. The van der Waals surface area contributed by atoms with Crippen LogP contribution in [0.1, 0.15) is 37.4 Å². The van der Waals surface area contributed by atoms with Crippen LogP contribution in [-0.2, 0) is 6.42 Å². The number of hydrogen-bond donors (Lipinski definition) is 1. The van der Waals surface area contributed by atoms with Gasteiger partial charge in [-0.1, -0.05) is 6.92 Å². The SMILES string of the molecule is CCCNC(c1cc2c(cc1OC)CC(C)O2)C(F)F. The van der Waals surface area contributed by atoms with E-state index in [-0.39, 0.29) is 6.10 Å². The van der Waals surface area contributed by atoms with E-state index in [9.17, 15) is 8.78 Å². The predicted octanol–water partition coefficient (Wildman–Crippen LogP) is 3.32. The van der Waals surface area contributed by atoms with Crippen LogP contribution in [0.15, 0.2) is 12.1 Å². The Labute approximate surface area is 118 Å². The fourth-order valence-electron chi connectivity index (χ4n) is 2.51. The van der Waals surface area contributed by atoms with E-state index in [0.717, 1.165) is 18.4 Å². The monoisotopic (exact) mass is 285 g/mol. The minimum absolute atomic E-state index is 0.0820. The van der Waals surface area contributed by atoms with Gasteiger partial charge in [0.1, 0.15) is 17.6 Å². The van der Waals surface area contributed by atoms with Crippen molar-refractivity contribution in [3.05, 3.63) is 23.3 Å². The number of hydrogen-bond acceptors (Lipinski definition) is 3. The molecule has 1 heterocycles. The number of methoxy groups -OCH3 is 1. The van der Waals surface area contributed by atoms with Crippen LogP contribution >= 0.6 is 0 Å². The largest absolute Gasteiger partial charge is 0.496 e. The van der Waals surface area contributed by atoms with E-state index in [1.54, 1.807) is 6.07 Å². The van der Waals surface area contributed by atoms with Crippen molar-refractivity contribution < 1.29 is 18.3 Å². The third-order valence-electron chi connectivity index (χ3n) is 3.45. The maximum absolute atomic E-state index is 13.3. The molecule has 112 valence electrons. The summed E-state index contributed by atoms with van der Waals surface area (Å²) in [7, 11) is 1.51. The summed E-state index contributed by atoms with van der Waals surface area (Å²) in [5.74, 6) is 1.19. The minimum atomic E-state index is -2.49. The molecule has 2 rings (SSSR count). The summed E-state index contributed by atoms with van der Waals surface area (Å²) >= 11 is 0. The molecule has 0 bridgehead atoms. The van der Waals surface area contributed by atoms with Crippen molar-refractivity contribution >= 4 is 0 Å². The number of benzene rings is 1. The van der Waals surface area contributed by atoms with Crippen molar-refractivity contribution in [2.24, 2.45) is 0 Å². The fraction of sp³-hybridized carbons (Fsp3) is 0.600. The van der Waals surface area contributed by atoms with Gasteiger partial charge in [0.05, 0.1) is 13.2 Å². The van der Waals surface area contributed by atoms with Crippen molar-refractivity contribution in [2.75, 3.05) is 13.7 Å². The van der Waals surface area contributed by atoms with E-state index in [1.165, 1.54) is 7.11 Å². The molecule has 0 saturated carbocycles. The van der Waals surface area contributed by atoms with Gasteiger partial charge in [-0.05, 0) is 32.0 Å². The zero-order chi connectivity index (χ0) is 14.7. The zero-order valence-corrected chi connectivity index (χ0v) is 12.1. The second-order valence-corrected chi connectivity index (χ2v) is 5.10. The normalized spacial score (nSPS) is 18.8. The molecule has 1 aromatic rings. The predicted molar refractivity (Wildman–Crippen MR) is 73.8 cm³/mol. The lowest BCUT2D eigenvalue weighted by atomic mass is 10.0. The van der Waals surface area contributed by atoms with Crippen LogP contribution in [0.3, 0.4) is 0 Å². The summed E-state index contributed by atoms with van der Waals surface area (Å²) < 4.78 is 37.5. The van der Waals surface area contributed by atoms with Crippen molar-refractivity contribution in [2.45, 2.75) is 45.3 Å². The van der Waals surface area contributed by atoms with Crippen LogP contribution in [-0.4, -0.2) is 26.2 Å². The second-order valence-electron chi connectivity index (χ2n) is 5.10. The first-order chi connectivity index (χ1) is 9.56. The number of alkyl halides is 2. The number of rotatable bonds is 6. The van der Waals surface area contributed by atoms with Gasteiger partial charge >= 0.3 is 0 Å². The minimum Gasteiger partial charge on any atom is -0.496 e. The number of halogens is 2. The molecule has 1 aromatic carbocycles. The summed E-state index contributed by atoms with van der Waals surface area (Å²) in [6.45, 7) is 4.44. The standard InChI is InChI=1S/C15H21F2NO2/c1-4-5-18-14(15(16)17)11-8-12-10(6-9(2)20-12)7-13(11)19-3/h7-9,14-15,18H,4-6H2,1-3H3. The van der Waals surface area contributed by atoms with Crippen LogP contribution in [0.5, 0.6) is 11.5 Å². The summed E-state index contributed by atoms with van der Waals surface area (Å²) in [4.78, 5) is 0.